The number of anilines is 2. The topological polar surface area (TPSA) is 54.0 Å². The Balaban J connectivity index is 1.91. The van der Waals surface area contributed by atoms with Crippen LogP contribution in [0, 0.1) is 19.3 Å². The second-order valence-electron chi connectivity index (χ2n) is 8.30. The maximum Gasteiger partial charge on any atom is 0.163 e. The first kappa shape index (κ1) is 16.8. The minimum absolute atomic E-state index is 0.0318. The van der Waals surface area contributed by atoms with Crippen LogP contribution < -0.4 is 10.6 Å². The van der Waals surface area contributed by atoms with E-state index in [0.29, 0.717) is 6.42 Å². The zero-order valence-corrected chi connectivity index (χ0v) is 15.8. The van der Waals surface area contributed by atoms with Gasteiger partial charge in [-0.05, 0) is 66.6 Å². The zero-order chi connectivity index (χ0) is 18.5. The van der Waals surface area contributed by atoms with Gasteiger partial charge in [0.2, 0.25) is 0 Å². The lowest BCUT2D eigenvalue weighted by Gasteiger charge is -2.34. The van der Waals surface area contributed by atoms with E-state index in [9.17, 15) is 4.79 Å². The molecule has 26 heavy (non-hydrogen) atoms. The van der Waals surface area contributed by atoms with Gasteiger partial charge in [-0.25, -0.2) is 0 Å². The first-order valence-electron chi connectivity index (χ1n) is 9.15. The highest BCUT2D eigenvalue weighted by atomic mass is 16.1. The van der Waals surface area contributed by atoms with Crippen LogP contribution in [0.4, 0.5) is 11.4 Å². The van der Waals surface area contributed by atoms with Gasteiger partial charge in [0.25, 0.3) is 0 Å². The van der Waals surface area contributed by atoms with Gasteiger partial charge < -0.3 is 10.6 Å². The van der Waals surface area contributed by atoms with E-state index in [1.54, 1.807) is 12.4 Å². The molecule has 0 fully saturated rings. The van der Waals surface area contributed by atoms with Crippen molar-refractivity contribution < 1.29 is 4.79 Å². The predicted molar refractivity (Wildman–Crippen MR) is 105 cm³/mol. The van der Waals surface area contributed by atoms with E-state index < -0.39 is 0 Å². The van der Waals surface area contributed by atoms with Crippen molar-refractivity contribution in [3.05, 3.63) is 64.6 Å². The van der Waals surface area contributed by atoms with Gasteiger partial charge in [0.05, 0.1) is 17.4 Å². The Morgan fingerprint density at radius 3 is 2.38 bits per heavy atom. The summed E-state index contributed by atoms with van der Waals surface area (Å²) in [6, 6.07) is 8.15. The average molecular weight is 347 g/mol. The molecule has 0 unspecified atom stereocenters. The summed E-state index contributed by atoms with van der Waals surface area (Å²) in [7, 11) is 0. The zero-order valence-electron chi connectivity index (χ0n) is 15.8. The number of nitrogens with zero attached hydrogens (tertiary/aromatic N) is 1. The highest BCUT2D eigenvalue weighted by Crippen LogP contribution is 2.45. The maximum absolute atomic E-state index is 13.1. The molecule has 2 heterocycles. The summed E-state index contributed by atoms with van der Waals surface area (Å²) in [5.74, 6) is 0.222. The number of aromatic nitrogens is 1. The van der Waals surface area contributed by atoms with Crippen LogP contribution in [0.15, 0.2) is 47.9 Å². The number of hydrogen-bond donors (Lipinski definition) is 2. The number of carbonyl (C=O) groups is 1. The molecule has 1 aromatic carbocycles. The largest absolute Gasteiger partial charge is 0.372 e. The van der Waals surface area contributed by atoms with Crippen molar-refractivity contribution in [2.24, 2.45) is 5.41 Å². The van der Waals surface area contributed by atoms with Crippen LogP contribution in [0.5, 0.6) is 0 Å². The number of allylic oxidation sites excluding steroid dienone is 1. The SMILES string of the molecule is Cc1cc2c(cc1C)N[C@@H](c1ccncc1)C1=C(CC(C)(C)CC1=O)N2. The van der Waals surface area contributed by atoms with Gasteiger partial charge in [0.15, 0.2) is 5.78 Å². The highest BCUT2D eigenvalue weighted by molar-refractivity contribution is 6.01. The molecule has 4 rings (SSSR count). The van der Waals surface area contributed by atoms with Crippen molar-refractivity contribution in [1.29, 1.82) is 0 Å². The Kier molecular flexibility index (Phi) is 3.87. The van der Waals surface area contributed by atoms with E-state index in [4.69, 9.17) is 0 Å². The molecule has 2 aromatic rings. The summed E-state index contributed by atoms with van der Waals surface area (Å²) in [4.78, 5) is 17.2. The molecular weight excluding hydrogens is 322 g/mol. The normalized spacial score (nSPS) is 21.2. The summed E-state index contributed by atoms with van der Waals surface area (Å²) >= 11 is 0. The maximum atomic E-state index is 13.1. The molecule has 0 spiro atoms. The molecule has 1 aliphatic carbocycles. The molecule has 0 radical (unpaired) electrons. The molecule has 2 aliphatic rings. The van der Waals surface area contributed by atoms with Crippen molar-refractivity contribution >= 4 is 17.2 Å². The molecule has 4 nitrogen and oxygen atoms in total. The number of aryl methyl sites for hydroxylation is 2. The average Bonchev–Trinajstić information content (AvgIpc) is 2.72. The summed E-state index contributed by atoms with van der Waals surface area (Å²) in [6.07, 6.45) is 5.01. The first-order chi connectivity index (χ1) is 12.3. The molecule has 4 heteroatoms. The Morgan fingerprint density at radius 1 is 1.04 bits per heavy atom. The Bertz CT molecular complexity index is 912. The fourth-order valence-electron chi connectivity index (χ4n) is 4.02. The number of nitrogens with one attached hydrogen (secondary N) is 2. The number of rotatable bonds is 1. The first-order valence-corrected chi connectivity index (χ1v) is 9.15. The Labute approximate surface area is 154 Å². The molecule has 2 N–H and O–H groups in total. The summed E-state index contributed by atoms with van der Waals surface area (Å²) in [5.41, 5.74) is 7.49. The van der Waals surface area contributed by atoms with E-state index in [0.717, 1.165) is 34.6 Å². The molecule has 0 saturated heterocycles. The van der Waals surface area contributed by atoms with Crippen molar-refractivity contribution in [3.8, 4) is 0 Å². The number of fused-ring (bicyclic) bond motifs is 1. The van der Waals surface area contributed by atoms with Crippen molar-refractivity contribution in [2.75, 3.05) is 10.6 Å². The fraction of sp³-hybridized carbons (Fsp3) is 0.364. The molecule has 1 aromatic heterocycles. The van der Waals surface area contributed by atoms with Crippen molar-refractivity contribution in [1.82, 2.24) is 4.98 Å². The number of benzene rings is 1. The highest BCUT2D eigenvalue weighted by Gasteiger charge is 2.38. The van der Waals surface area contributed by atoms with Gasteiger partial charge in [0, 0.05) is 30.1 Å². The van der Waals surface area contributed by atoms with E-state index in [1.807, 2.05) is 12.1 Å². The van der Waals surface area contributed by atoms with E-state index in [2.05, 4.69) is 55.4 Å². The van der Waals surface area contributed by atoms with Crippen LogP contribution in [0.3, 0.4) is 0 Å². The van der Waals surface area contributed by atoms with Crippen LogP contribution in [0.25, 0.3) is 0 Å². The monoisotopic (exact) mass is 347 g/mol. The third kappa shape index (κ3) is 2.90. The second-order valence-corrected chi connectivity index (χ2v) is 8.30. The smallest absolute Gasteiger partial charge is 0.163 e. The number of pyridine rings is 1. The van der Waals surface area contributed by atoms with Gasteiger partial charge in [-0.1, -0.05) is 13.8 Å². The molecule has 1 atom stereocenters. The standard InChI is InChI=1S/C22H25N3O/c1-13-9-16-17(10-14(13)2)25-21(15-5-7-23-8-6-15)20-18(24-16)11-22(3,4)12-19(20)26/h5-10,21,24-25H,11-12H2,1-4H3/t21-/m0/s1. The molecule has 0 bridgehead atoms. The Morgan fingerprint density at radius 2 is 1.69 bits per heavy atom. The van der Waals surface area contributed by atoms with Gasteiger partial charge in [0.1, 0.15) is 0 Å². The lowest BCUT2D eigenvalue weighted by molar-refractivity contribution is -0.118. The number of carbonyl (C=O) groups excluding carboxylic acids is 1. The minimum Gasteiger partial charge on any atom is -0.372 e. The van der Waals surface area contributed by atoms with Crippen LogP contribution >= 0.6 is 0 Å². The third-order valence-electron chi connectivity index (χ3n) is 5.47. The van der Waals surface area contributed by atoms with Crippen LogP contribution in [-0.4, -0.2) is 10.8 Å². The van der Waals surface area contributed by atoms with E-state index in [-0.39, 0.29) is 17.2 Å². The molecule has 134 valence electrons. The van der Waals surface area contributed by atoms with Crippen LogP contribution in [0.1, 0.15) is 49.4 Å². The van der Waals surface area contributed by atoms with Gasteiger partial charge in [-0.15, -0.1) is 0 Å². The molecule has 1 aliphatic heterocycles. The van der Waals surface area contributed by atoms with Crippen molar-refractivity contribution in [3.63, 3.8) is 0 Å². The van der Waals surface area contributed by atoms with Gasteiger partial charge in [-0.3, -0.25) is 9.78 Å². The summed E-state index contributed by atoms with van der Waals surface area (Å²) in [6.45, 7) is 8.56. The third-order valence-corrected chi connectivity index (χ3v) is 5.47. The molecule has 0 saturated carbocycles. The molecule has 0 amide bonds. The minimum atomic E-state index is -0.160. The second kappa shape index (κ2) is 5.97. The van der Waals surface area contributed by atoms with E-state index in [1.165, 1.54) is 11.1 Å². The summed E-state index contributed by atoms with van der Waals surface area (Å²) < 4.78 is 0. The lowest BCUT2D eigenvalue weighted by Crippen LogP contribution is -2.31. The fourth-order valence-corrected chi connectivity index (χ4v) is 4.02. The van der Waals surface area contributed by atoms with Crippen LogP contribution in [0.2, 0.25) is 0 Å². The number of Topliss-reactive ketones (excluding diaryl/α,β-unsaturated/α-hetero) is 1. The number of hydrogen-bond acceptors (Lipinski definition) is 4. The van der Waals surface area contributed by atoms with Crippen molar-refractivity contribution in [2.45, 2.75) is 46.6 Å². The van der Waals surface area contributed by atoms with E-state index >= 15 is 0 Å². The van der Waals surface area contributed by atoms with Gasteiger partial charge in [-0.2, -0.15) is 0 Å². The number of ketones is 1. The molecular formula is C22H25N3O. The van der Waals surface area contributed by atoms with Gasteiger partial charge >= 0.3 is 0 Å². The quantitative estimate of drug-likeness (QED) is 0.769. The summed E-state index contributed by atoms with van der Waals surface area (Å²) in [5, 5.41) is 7.23. The lowest BCUT2D eigenvalue weighted by atomic mass is 9.73. The van der Waals surface area contributed by atoms with Crippen LogP contribution in [-0.2, 0) is 4.79 Å². The Hall–Kier alpha value is -2.62. The predicted octanol–water partition coefficient (Wildman–Crippen LogP) is 4.92.